The second-order valence-electron chi connectivity index (χ2n) is 17.1. The Labute approximate surface area is 384 Å². The summed E-state index contributed by atoms with van der Waals surface area (Å²) >= 11 is 3.77. The second-order valence-corrected chi connectivity index (χ2v) is 19.2. The van der Waals surface area contributed by atoms with Crippen molar-refractivity contribution in [3.05, 3.63) is 230 Å². The van der Waals surface area contributed by atoms with Crippen LogP contribution in [-0.2, 0) is 6.42 Å². The van der Waals surface area contributed by atoms with Crippen LogP contribution in [0.25, 0.3) is 101 Å². The second kappa shape index (κ2) is 14.4. The van der Waals surface area contributed by atoms with E-state index in [0.717, 1.165) is 17.8 Å². The van der Waals surface area contributed by atoms with Crippen molar-refractivity contribution in [3.63, 3.8) is 0 Å². The zero-order valence-electron chi connectivity index (χ0n) is 35.2. The highest BCUT2D eigenvalue weighted by Gasteiger charge is 2.29. The summed E-state index contributed by atoms with van der Waals surface area (Å²) in [6.07, 6.45) is 0.843. The van der Waals surface area contributed by atoms with Gasteiger partial charge in [-0.15, -0.1) is 22.7 Å². The van der Waals surface area contributed by atoms with E-state index in [1.165, 1.54) is 118 Å². The Bertz CT molecular complexity index is 3860. The molecule has 10 aromatic carbocycles. The first kappa shape index (κ1) is 36.7. The van der Waals surface area contributed by atoms with Crippen LogP contribution in [0.3, 0.4) is 0 Å². The lowest BCUT2D eigenvalue weighted by atomic mass is 10.00. The molecule has 0 saturated carbocycles. The maximum atomic E-state index is 2.49. The van der Waals surface area contributed by atoms with Crippen molar-refractivity contribution in [1.82, 2.24) is 4.57 Å². The Morgan fingerprint density at radius 1 is 0.354 bits per heavy atom. The molecule has 0 bridgehead atoms. The zero-order valence-corrected chi connectivity index (χ0v) is 36.8. The van der Waals surface area contributed by atoms with Gasteiger partial charge >= 0.3 is 0 Å². The molecule has 0 aliphatic heterocycles. The summed E-state index contributed by atoms with van der Waals surface area (Å²) in [5.74, 6) is 0. The van der Waals surface area contributed by atoms with Gasteiger partial charge in [0.25, 0.3) is 0 Å². The number of rotatable bonds is 6. The van der Waals surface area contributed by atoms with E-state index in [0.29, 0.717) is 0 Å². The van der Waals surface area contributed by atoms with E-state index < -0.39 is 0 Å². The van der Waals surface area contributed by atoms with Crippen molar-refractivity contribution in [2.75, 3.05) is 4.90 Å². The van der Waals surface area contributed by atoms with Crippen molar-refractivity contribution < 1.29 is 0 Å². The first-order valence-corrected chi connectivity index (χ1v) is 23.9. The highest BCUT2D eigenvalue weighted by atomic mass is 32.1. The number of anilines is 3. The first-order valence-electron chi connectivity index (χ1n) is 22.3. The van der Waals surface area contributed by atoms with Crippen molar-refractivity contribution in [1.29, 1.82) is 0 Å². The fourth-order valence-corrected chi connectivity index (χ4v) is 13.3. The molecular weight excluding hydrogens is 825 g/mol. The summed E-state index contributed by atoms with van der Waals surface area (Å²) in [7, 11) is 0. The summed E-state index contributed by atoms with van der Waals surface area (Å²) < 4.78 is 7.75. The topological polar surface area (TPSA) is 8.17 Å². The van der Waals surface area contributed by atoms with E-state index in [2.05, 4.69) is 228 Å². The van der Waals surface area contributed by atoms with Crippen LogP contribution in [0.4, 0.5) is 17.1 Å². The highest BCUT2D eigenvalue weighted by Crippen LogP contribution is 2.50. The lowest BCUT2D eigenvalue weighted by molar-refractivity contribution is 1.18. The molecule has 0 saturated heterocycles. The van der Waals surface area contributed by atoms with Crippen molar-refractivity contribution >= 4 is 102 Å². The van der Waals surface area contributed by atoms with Gasteiger partial charge in [0.05, 0.1) is 16.7 Å². The molecule has 0 radical (unpaired) electrons. The molecule has 0 spiro atoms. The average Bonchev–Trinajstić information content (AvgIpc) is 4.14. The van der Waals surface area contributed by atoms with Crippen LogP contribution in [0.2, 0.25) is 0 Å². The van der Waals surface area contributed by atoms with Crippen molar-refractivity contribution in [2.45, 2.75) is 6.42 Å². The van der Waals surface area contributed by atoms with Gasteiger partial charge in [0.15, 0.2) is 0 Å². The summed E-state index contributed by atoms with van der Waals surface area (Å²) in [5, 5.41) is 7.93. The maximum Gasteiger partial charge on any atom is 0.0544 e. The van der Waals surface area contributed by atoms with E-state index in [9.17, 15) is 0 Å². The van der Waals surface area contributed by atoms with Crippen LogP contribution in [0.1, 0.15) is 11.1 Å². The molecule has 1 aliphatic carbocycles. The Morgan fingerprint density at radius 3 is 1.49 bits per heavy atom. The van der Waals surface area contributed by atoms with Crippen LogP contribution in [0.15, 0.2) is 218 Å². The fraction of sp³-hybridized carbons (Fsp3) is 0.0164. The number of para-hydroxylation sites is 2. The van der Waals surface area contributed by atoms with Gasteiger partial charge < -0.3 is 9.47 Å². The van der Waals surface area contributed by atoms with Gasteiger partial charge in [0.1, 0.15) is 0 Å². The molecular formula is C61H38N2S2. The van der Waals surface area contributed by atoms with E-state index in [4.69, 9.17) is 0 Å². The maximum absolute atomic E-state index is 2.49. The Morgan fingerprint density at radius 2 is 0.862 bits per heavy atom. The third-order valence-corrected chi connectivity index (χ3v) is 16.1. The molecule has 4 heteroatoms. The summed E-state index contributed by atoms with van der Waals surface area (Å²) in [5.41, 5.74) is 17.5. The molecule has 65 heavy (non-hydrogen) atoms. The van der Waals surface area contributed by atoms with Crippen molar-refractivity contribution in [2.24, 2.45) is 0 Å². The minimum atomic E-state index is 0.843. The van der Waals surface area contributed by atoms with Gasteiger partial charge in [0.2, 0.25) is 0 Å². The van der Waals surface area contributed by atoms with E-state index in [-0.39, 0.29) is 0 Å². The molecule has 14 rings (SSSR count). The summed E-state index contributed by atoms with van der Waals surface area (Å²) in [4.78, 5) is 2.49. The number of fused-ring (bicyclic) bond motifs is 13. The standard InChI is InChI=1S/C61H38N2S2/c1-2-13-40(14-3-1)63-54-23-7-4-17-51(54)59-53-37-52-45(46(53)35-36-56(59)63)20-12-24-55(52)62(41-31-27-38(28-32-41)43-18-10-21-49-47-15-5-8-25-57(47)64-60(43)49)42-33-29-39(30-34-42)44-19-11-22-50-48-16-6-9-26-58(48)65-61(44)50/h1-36H,37H2. The van der Waals surface area contributed by atoms with Crippen LogP contribution >= 0.6 is 22.7 Å². The number of hydrogen-bond acceptors (Lipinski definition) is 3. The van der Waals surface area contributed by atoms with Gasteiger partial charge in [-0.3, -0.25) is 0 Å². The zero-order chi connectivity index (χ0) is 42.6. The Hall–Kier alpha value is -7.76. The van der Waals surface area contributed by atoms with Gasteiger partial charge in [0, 0.05) is 74.6 Å². The normalized spacial score (nSPS) is 12.2. The number of aromatic nitrogens is 1. The molecule has 2 nitrogen and oxygen atoms in total. The number of thiophene rings is 2. The molecule has 304 valence electrons. The SMILES string of the molecule is c1ccc(-n2c3ccccc3c3c4c(ccc32)-c2cccc(N(c3ccc(-c5cccc6c5sc5ccccc56)cc3)c3ccc(-c5cccc6c5sc5ccccc56)cc3)c2C4)cc1. The van der Waals surface area contributed by atoms with Crippen LogP contribution in [0, 0.1) is 0 Å². The molecule has 0 amide bonds. The van der Waals surface area contributed by atoms with E-state index in [1.54, 1.807) is 0 Å². The fourth-order valence-electron chi connectivity index (χ4n) is 10.8. The third-order valence-electron chi connectivity index (χ3n) is 13.7. The van der Waals surface area contributed by atoms with Crippen LogP contribution < -0.4 is 4.90 Å². The number of hydrogen-bond donors (Lipinski definition) is 0. The Kier molecular flexibility index (Phi) is 8.12. The highest BCUT2D eigenvalue weighted by molar-refractivity contribution is 7.26. The summed E-state index contributed by atoms with van der Waals surface area (Å²) in [6, 6.07) is 80.9. The molecule has 3 heterocycles. The monoisotopic (exact) mass is 862 g/mol. The third kappa shape index (κ3) is 5.58. The van der Waals surface area contributed by atoms with Crippen molar-refractivity contribution in [3.8, 4) is 39.1 Å². The molecule has 0 N–H and O–H groups in total. The molecule has 0 atom stereocenters. The smallest absolute Gasteiger partial charge is 0.0544 e. The van der Waals surface area contributed by atoms with Gasteiger partial charge in [-0.25, -0.2) is 0 Å². The minimum absolute atomic E-state index is 0.843. The lowest BCUT2D eigenvalue weighted by Gasteiger charge is -2.28. The Balaban J connectivity index is 0.925. The number of nitrogens with zero attached hydrogens (tertiary/aromatic N) is 2. The van der Waals surface area contributed by atoms with Gasteiger partial charge in [-0.2, -0.15) is 0 Å². The minimum Gasteiger partial charge on any atom is -0.310 e. The molecule has 0 unspecified atom stereocenters. The molecule has 1 aliphatic rings. The molecule has 0 fully saturated rings. The van der Waals surface area contributed by atoms with E-state index in [1.807, 2.05) is 22.7 Å². The molecule has 3 aromatic heterocycles. The first-order chi connectivity index (χ1) is 32.2. The van der Waals surface area contributed by atoms with E-state index >= 15 is 0 Å². The largest absolute Gasteiger partial charge is 0.310 e. The average molecular weight is 863 g/mol. The van der Waals surface area contributed by atoms with Crippen LogP contribution in [0.5, 0.6) is 0 Å². The van der Waals surface area contributed by atoms with Crippen LogP contribution in [-0.4, -0.2) is 4.57 Å². The lowest BCUT2D eigenvalue weighted by Crippen LogP contribution is -2.12. The van der Waals surface area contributed by atoms with Gasteiger partial charge in [-0.05, 0) is 111 Å². The predicted octanol–water partition coefficient (Wildman–Crippen LogP) is 17.9. The molecule has 13 aromatic rings. The number of benzene rings is 10. The van der Waals surface area contributed by atoms with Gasteiger partial charge in [-0.1, -0.05) is 152 Å². The predicted molar refractivity (Wildman–Crippen MR) is 280 cm³/mol. The quantitative estimate of drug-likeness (QED) is 0.162. The summed E-state index contributed by atoms with van der Waals surface area (Å²) in [6.45, 7) is 0.